The summed E-state index contributed by atoms with van der Waals surface area (Å²) in [5.74, 6) is 0.762. The quantitative estimate of drug-likeness (QED) is 0.568. The third kappa shape index (κ3) is 2.74. The van der Waals surface area contributed by atoms with Crippen molar-refractivity contribution in [2.24, 2.45) is 0 Å². The summed E-state index contributed by atoms with van der Waals surface area (Å²) in [6, 6.07) is 10.8. The van der Waals surface area contributed by atoms with Gasteiger partial charge in [-0.05, 0) is 19.8 Å². The van der Waals surface area contributed by atoms with Crippen LogP contribution >= 0.6 is 11.3 Å². The zero-order valence-corrected chi connectivity index (χ0v) is 15.1. The van der Waals surface area contributed by atoms with E-state index < -0.39 is 0 Å². The predicted octanol–water partition coefficient (Wildman–Crippen LogP) is 4.46. The Hall–Kier alpha value is -2.80. The van der Waals surface area contributed by atoms with E-state index in [1.165, 1.54) is 12.8 Å². The maximum atomic E-state index is 4.79. The number of fused-ring (bicyclic) bond motifs is 1. The highest BCUT2D eigenvalue weighted by atomic mass is 32.1. The highest BCUT2D eigenvalue weighted by Crippen LogP contribution is 2.37. The van der Waals surface area contributed by atoms with Crippen molar-refractivity contribution < 1.29 is 0 Å². The molecule has 4 aromatic rings. The van der Waals surface area contributed by atoms with Gasteiger partial charge in [0.1, 0.15) is 16.9 Å². The lowest BCUT2D eigenvalue weighted by Crippen LogP contribution is -2.08. The normalized spacial score (nSPS) is 15.3. The van der Waals surface area contributed by atoms with Gasteiger partial charge in [-0.2, -0.15) is 0 Å². The van der Waals surface area contributed by atoms with E-state index in [4.69, 9.17) is 4.98 Å². The van der Waals surface area contributed by atoms with Crippen LogP contribution in [0.5, 0.6) is 0 Å². The van der Waals surface area contributed by atoms with Crippen molar-refractivity contribution in [3.05, 3.63) is 53.4 Å². The van der Waals surface area contributed by atoms with Crippen molar-refractivity contribution in [3.8, 4) is 11.3 Å². The number of hydrogen-bond acceptors (Lipinski definition) is 6. The van der Waals surface area contributed by atoms with Crippen molar-refractivity contribution in [1.29, 1.82) is 0 Å². The van der Waals surface area contributed by atoms with Crippen LogP contribution in [-0.2, 0) is 0 Å². The average Bonchev–Trinajstić information content (AvgIpc) is 3.22. The van der Waals surface area contributed by atoms with Crippen molar-refractivity contribution in [2.75, 3.05) is 5.32 Å². The van der Waals surface area contributed by atoms with E-state index in [-0.39, 0.29) is 6.04 Å². The van der Waals surface area contributed by atoms with Crippen LogP contribution in [0.3, 0.4) is 0 Å². The lowest BCUT2D eigenvalue weighted by Gasteiger charge is -2.12. The number of rotatable bonds is 5. The molecule has 0 saturated heterocycles. The molecule has 5 rings (SSSR count). The molecule has 3 heterocycles. The number of nitrogens with one attached hydrogen (secondary N) is 1. The summed E-state index contributed by atoms with van der Waals surface area (Å²) in [6.07, 6.45) is 5.89. The molecule has 1 atom stereocenters. The second-order valence-corrected chi connectivity index (χ2v) is 7.47. The predicted molar refractivity (Wildman–Crippen MR) is 103 cm³/mol. The SMILES string of the molecule is CC(Nc1ncnc2c1ncn2C1CC1)c1nc(-c2ccccc2)cs1. The minimum absolute atomic E-state index is 0.0432. The van der Waals surface area contributed by atoms with E-state index in [9.17, 15) is 0 Å². The maximum Gasteiger partial charge on any atom is 0.165 e. The van der Waals surface area contributed by atoms with Gasteiger partial charge in [-0.15, -0.1) is 11.3 Å². The summed E-state index contributed by atoms with van der Waals surface area (Å²) in [5.41, 5.74) is 3.87. The van der Waals surface area contributed by atoms with Crippen LogP contribution in [0, 0.1) is 0 Å². The van der Waals surface area contributed by atoms with Gasteiger partial charge in [0.15, 0.2) is 11.5 Å². The Kier molecular flexibility index (Phi) is 3.67. The van der Waals surface area contributed by atoms with Gasteiger partial charge in [0.25, 0.3) is 0 Å². The number of hydrogen-bond donors (Lipinski definition) is 1. The zero-order valence-electron chi connectivity index (χ0n) is 14.3. The fourth-order valence-electron chi connectivity index (χ4n) is 3.07. The molecule has 1 aliphatic carbocycles. The van der Waals surface area contributed by atoms with Crippen molar-refractivity contribution in [1.82, 2.24) is 24.5 Å². The lowest BCUT2D eigenvalue weighted by molar-refractivity contribution is 0.756. The first-order chi connectivity index (χ1) is 12.8. The van der Waals surface area contributed by atoms with Crippen molar-refractivity contribution >= 4 is 28.3 Å². The van der Waals surface area contributed by atoms with Gasteiger partial charge in [-0.25, -0.2) is 19.9 Å². The fourth-order valence-corrected chi connectivity index (χ4v) is 3.91. The highest BCUT2D eigenvalue weighted by Gasteiger charge is 2.26. The number of benzene rings is 1. The van der Waals surface area contributed by atoms with Gasteiger partial charge < -0.3 is 9.88 Å². The van der Waals surface area contributed by atoms with Gasteiger partial charge in [0, 0.05) is 17.0 Å². The lowest BCUT2D eigenvalue weighted by atomic mass is 10.2. The van der Waals surface area contributed by atoms with E-state index in [1.54, 1.807) is 17.7 Å². The Balaban J connectivity index is 1.41. The monoisotopic (exact) mass is 362 g/mol. The topological polar surface area (TPSA) is 68.5 Å². The molecule has 1 unspecified atom stereocenters. The molecule has 1 N–H and O–H groups in total. The van der Waals surface area contributed by atoms with Gasteiger partial charge in [-0.3, -0.25) is 0 Å². The number of aromatic nitrogens is 5. The molecule has 0 aliphatic heterocycles. The largest absolute Gasteiger partial charge is 0.359 e. The zero-order chi connectivity index (χ0) is 17.5. The second kappa shape index (κ2) is 6.17. The minimum Gasteiger partial charge on any atom is -0.359 e. The average molecular weight is 362 g/mol. The summed E-state index contributed by atoms with van der Waals surface area (Å²) < 4.78 is 2.16. The number of imidazole rings is 1. The molecule has 0 amide bonds. The Morgan fingerprint density at radius 3 is 2.81 bits per heavy atom. The molecule has 1 saturated carbocycles. The van der Waals surface area contributed by atoms with E-state index >= 15 is 0 Å². The summed E-state index contributed by atoms with van der Waals surface area (Å²) in [5, 5.41) is 6.58. The summed E-state index contributed by atoms with van der Waals surface area (Å²) in [6.45, 7) is 2.10. The van der Waals surface area contributed by atoms with Gasteiger partial charge in [-0.1, -0.05) is 30.3 Å². The molecule has 1 aliphatic rings. The first-order valence-corrected chi connectivity index (χ1v) is 9.62. The van der Waals surface area contributed by atoms with Crippen LogP contribution in [0.1, 0.15) is 36.9 Å². The smallest absolute Gasteiger partial charge is 0.165 e. The highest BCUT2D eigenvalue weighted by molar-refractivity contribution is 7.10. The molecular weight excluding hydrogens is 344 g/mol. The number of anilines is 1. The molecule has 1 fully saturated rings. The van der Waals surface area contributed by atoms with Crippen LogP contribution in [0.4, 0.5) is 5.82 Å². The van der Waals surface area contributed by atoms with E-state index in [1.807, 2.05) is 24.5 Å². The first-order valence-electron chi connectivity index (χ1n) is 8.74. The third-order valence-corrected chi connectivity index (χ3v) is 5.64. The van der Waals surface area contributed by atoms with Gasteiger partial charge >= 0.3 is 0 Å². The molecule has 0 spiro atoms. The Morgan fingerprint density at radius 2 is 2.00 bits per heavy atom. The van der Waals surface area contributed by atoms with Crippen LogP contribution < -0.4 is 5.32 Å². The molecule has 6 nitrogen and oxygen atoms in total. The standard InChI is InChI=1S/C19H18N6S/c1-12(19-24-15(9-26-19)13-5-3-2-4-6-13)23-17-16-18(21-10-20-17)25(11-22-16)14-7-8-14/h2-6,9-12,14H,7-8H2,1H3,(H,20,21,23). The van der Waals surface area contributed by atoms with Crippen LogP contribution in [-0.4, -0.2) is 24.5 Å². The van der Waals surface area contributed by atoms with Gasteiger partial charge in [0.2, 0.25) is 0 Å². The summed E-state index contributed by atoms with van der Waals surface area (Å²) in [4.78, 5) is 18.2. The number of nitrogens with zero attached hydrogens (tertiary/aromatic N) is 5. The molecule has 0 radical (unpaired) electrons. The first kappa shape index (κ1) is 15.5. The molecule has 7 heteroatoms. The van der Waals surface area contributed by atoms with Crippen LogP contribution in [0.2, 0.25) is 0 Å². The Labute approximate surface area is 155 Å². The molecule has 130 valence electrons. The molecule has 26 heavy (non-hydrogen) atoms. The van der Waals surface area contributed by atoms with Gasteiger partial charge in [0.05, 0.1) is 18.1 Å². The maximum absolute atomic E-state index is 4.79. The third-order valence-electron chi connectivity index (χ3n) is 4.61. The minimum atomic E-state index is 0.0432. The van der Waals surface area contributed by atoms with Crippen molar-refractivity contribution in [2.45, 2.75) is 31.8 Å². The van der Waals surface area contributed by atoms with E-state index in [0.29, 0.717) is 6.04 Å². The molecule has 0 bridgehead atoms. The fraction of sp³-hybridized carbons (Fsp3) is 0.263. The Bertz CT molecular complexity index is 1050. The molecular formula is C19H18N6S. The number of thiazole rings is 1. The van der Waals surface area contributed by atoms with Crippen LogP contribution in [0.25, 0.3) is 22.4 Å². The second-order valence-electron chi connectivity index (χ2n) is 6.58. The Morgan fingerprint density at radius 1 is 1.15 bits per heavy atom. The summed E-state index contributed by atoms with van der Waals surface area (Å²) in [7, 11) is 0. The molecule has 3 aromatic heterocycles. The van der Waals surface area contributed by atoms with E-state index in [2.05, 4.69) is 49.3 Å². The van der Waals surface area contributed by atoms with E-state index in [0.717, 1.165) is 33.2 Å². The molecule has 1 aromatic carbocycles. The summed E-state index contributed by atoms with van der Waals surface area (Å²) >= 11 is 1.65. The van der Waals surface area contributed by atoms with Crippen molar-refractivity contribution in [3.63, 3.8) is 0 Å². The van der Waals surface area contributed by atoms with Crippen LogP contribution in [0.15, 0.2) is 48.4 Å².